The second kappa shape index (κ2) is 7.15. The lowest BCUT2D eigenvalue weighted by atomic mass is 10.0. The van der Waals surface area contributed by atoms with Crippen molar-refractivity contribution in [3.8, 4) is 0 Å². The van der Waals surface area contributed by atoms with Crippen LogP contribution >= 0.6 is 0 Å². The molecule has 0 N–H and O–H groups in total. The van der Waals surface area contributed by atoms with Gasteiger partial charge in [0.1, 0.15) is 12.1 Å². The van der Waals surface area contributed by atoms with Crippen molar-refractivity contribution in [2.45, 2.75) is 51.2 Å². The molecule has 1 aliphatic heterocycles. The van der Waals surface area contributed by atoms with Crippen LogP contribution in [0.5, 0.6) is 0 Å². The van der Waals surface area contributed by atoms with Crippen LogP contribution in [0.15, 0.2) is 29.6 Å². The highest BCUT2D eigenvalue weighted by molar-refractivity contribution is 5.43. The number of rotatable bonds is 5. The molecule has 26 heavy (non-hydrogen) atoms. The Morgan fingerprint density at radius 3 is 2.50 bits per heavy atom. The Bertz CT molecular complexity index is 823. The molecule has 1 saturated heterocycles. The van der Waals surface area contributed by atoms with E-state index in [1.165, 1.54) is 12.8 Å². The van der Waals surface area contributed by atoms with E-state index in [1.807, 2.05) is 13.1 Å². The van der Waals surface area contributed by atoms with E-state index in [4.69, 9.17) is 0 Å². The van der Waals surface area contributed by atoms with Gasteiger partial charge in [-0.2, -0.15) is 0 Å². The van der Waals surface area contributed by atoms with Gasteiger partial charge in [0.15, 0.2) is 0 Å². The number of likely N-dealkylation sites (tertiary alicyclic amines) is 1. The van der Waals surface area contributed by atoms with Crippen LogP contribution in [0.3, 0.4) is 0 Å². The molecular formula is C19H26N6O. The highest BCUT2D eigenvalue weighted by Gasteiger charge is 2.36. The topological polar surface area (TPSA) is 67.2 Å². The van der Waals surface area contributed by atoms with Crippen LogP contribution in [0.25, 0.3) is 0 Å². The zero-order valence-corrected chi connectivity index (χ0v) is 15.5. The van der Waals surface area contributed by atoms with Gasteiger partial charge in [-0.05, 0) is 32.6 Å². The molecule has 0 spiro atoms. The number of hydrogen-bond donors (Lipinski definition) is 0. The highest BCUT2D eigenvalue weighted by atomic mass is 16.1. The van der Waals surface area contributed by atoms with Crippen molar-refractivity contribution in [1.29, 1.82) is 0 Å². The summed E-state index contributed by atoms with van der Waals surface area (Å²) in [6.07, 6.45) is 10.1. The Morgan fingerprint density at radius 1 is 1.12 bits per heavy atom. The molecule has 7 nitrogen and oxygen atoms in total. The molecule has 2 aromatic rings. The summed E-state index contributed by atoms with van der Waals surface area (Å²) >= 11 is 0. The summed E-state index contributed by atoms with van der Waals surface area (Å²) in [6.45, 7) is 4.99. The van der Waals surface area contributed by atoms with Gasteiger partial charge in [0, 0.05) is 68.5 Å². The molecule has 0 amide bonds. The van der Waals surface area contributed by atoms with E-state index < -0.39 is 0 Å². The zero-order chi connectivity index (χ0) is 18.1. The molecule has 1 aliphatic carbocycles. The van der Waals surface area contributed by atoms with Crippen LogP contribution in [0, 0.1) is 6.92 Å². The summed E-state index contributed by atoms with van der Waals surface area (Å²) in [5, 5.41) is 0. The molecular weight excluding hydrogens is 328 g/mol. The third-order valence-corrected chi connectivity index (χ3v) is 5.35. The number of hydrogen-bond acceptors (Lipinski definition) is 6. The van der Waals surface area contributed by atoms with Crippen molar-refractivity contribution in [3.63, 3.8) is 0 Å². The minimum absolute atomic E-state index is 0.201. The molecule has 7 heteroatoms. The van der Waals surface area contributed by atoms with Gasteiger partial charge in [0.25, 0.3) is 0 Å². The fourth-order valence-corrected chi connectivity index (χ4v) is 3.87. The third-order valence-electron chi connectivity index (χ3n) is 5.35. The maximum atomic E-state index is 11.4. The smallest absolute Gasteiger partial charge is 0.347 e. The Morgan fingerprint density at radius 2 is 1.85 bits per heavy atom. The van der Waals surface area contributed by atoms with Gasteiger partial charge in [-0.1, -0.05) is 0 Å². The van der Waals surface area contributed by atoms with Crippen LogP contribution in [0.4, 0.5) is 5.82 Å². The number of aromatic nitrogens is 4. The molecule has 2 aliphatic rings. The van der Waals surface area contributed by atoms with Crippen molar-refractivity contribution in [2.75, 3.05) is 18.0 Å². The Hall–Kier alpha value is -2.28. The van der Waals surface area contributed by atoms with Gasteiger partial charge >= 0.3 is 5.69 Å². The van der Waals surface area contributed by atoms with Crippen LogP contribution in [0.1, 0.15) is 36.9 Å². The van der Waals surface area contributed by atoms with Crippen LogP contribution < -0.4 is 10.6 Å². The van der Waals surface area contributed by atoms with Crippen LogP contribution in [-0.2, 0) is 13.6 Å². The number of anilines is 1. The summed E-state index contributed by atoms with van der Waals surface area (Å²) < 4.78 is 1.55. The molecule has 138 valence electrons. The lowest BCUT2D eigenvalue weighted by Crippen LogP contribution is -2.46. The Labute approximate surface area is 153 Å². The van der Waals surface area contributed by atoms with E-state index in [1.54, 1.807) is 24.1 Å². The van der Waals surface area contributed by atoms with E-state index in [0.717, 1.165) is 49.6 Å². The van der Waals surface area contributed by atoms with E-state index in [2.05, 4.69) is 30.8 Å². The minimum Gasteiger partial charge on any atom is -0.350 e. The molecule has 2 fully saturated rings. The lowest BCUT2D eigenvalue weighted by molar-refractivity contribution is 0.200. The first-order valence-electron chi connectivity index (χ1n) is 9.41. The zero-order valence-electron chi connectivity index (χ0n) is 15.5. The summed E-state index contributed by atoms with van der Waals surface area (Å²) in [5.41, 5.74) is 1.92. The largest absolute Gasteiger partial charge is 0.350 e. The monoisotopic (exact) mass is 354 g/mol. The summed E-state index contributed by atoms with van der Waals surface area (Å²) in [7, 11) is 1.75. The minimum atomic E-state index is -0.201. The first-order chi connectivity index (χ1) is 12.6. The number of piperidine rings is 1. The first kappa shape index (κ1) is 17.1. The van der Waals surface area contributed by atoms with E-state index in [0.29, 0.717) is 12.1 Å². The van der Waals surface area contributed by atoms with Gasteiger partial charge < -0.3 is 9.47 Å². The average molecular weight is 354 g/mol. The van der Waals surface area contributed by atoms with Crippen LogP contribution in [0.2, 0.25) is 0 Å². The van der Waals surface area contributed by atoms with Gasteiger partial charge in [0.05, 0.1) is 0 Å². The second-order valence-electron chi connectivity index (χ2n) is 7.52. The molecule has 0 bridgehead atoms. The van der Waals surface area contributed by atoms with Crippen molar-refractivity contribution in [2.24, 2.45) is 7.05 Å². The Balaban J connectivity index is 1.40. The van der Waals surface area contributed by atoms with Crippen molar-refractivity contribution >= 4 is 5.82 Å². The predicted octanol–water partition coefficient (Wildman–Crippen LogP) is 1.51. The fraction of sp³-hybridized carbons (Fsp3) is 0.579. The maximum Gasteiger partial charge on any atom is 0.347 e. The maximum absolute atomic E-state index is 11.4. The molecule has 4 rings (SSSR count). The van der Waals surface area contributed by atoms with E-state index in [-0.39, 0.29) is 5.69 Å². The number of aryl methyl sites for hydroxylation is 2. The van der Waals surface area contributed by atoms with E-state index in [9.17, 15) is 4.79 Å². The first-order valence-corrected chi connectivity index (χ1v) is 9.41. The van der Waals surface area contributed by atoms with Gasteiger partial charge in [-0.25, -0.2) is 19.7 Å². The highest BCUT2D eigenvalue weighted by Crippen LogP contribution is 2.35. The molecule has 0 atom stereocenters. The Kier molecular flexibility index (Phi) is 4.72. The van der Waals surface area contributed by atoms with Gasteiger partial charge in [-0.3, -0.25) is 4.90 Å². The lowest BCUT2D eigenvalue weighted by Gasteiger charge is -2.39. The van der Waals surface area contributed by atoms with E-state index >= 15 is 0 Å². The van der Waals surface area contributed by atoms with Crippen LogP contribution in [-0.4, -0.2) is 49.6 Å². The standard InChI is InChI=1S/C19H26N6O/c1-14-9-18(22-13-21-14)25(16-3-4-16)17-5-7-24(8-6-17)12-15-10-20-19(26)23(2)11-15/h9-11,13,16-17H,3-8,12H2,1-2H3. The SMILES string of the molecule is Cc1cc(N(C2CC2)C2CCN(Cc3cnc(=O)n(C)c3)CC2)ncn1. The summed E-state index contributed by atoms with van der Waals surface area (Å²) in [5.74, 6) is 1.08. The van der Waals surface area contributed by atoms with Crippen molar-refractivity contribution in [3.05, 3.63) is 46.5 Å². The van der Waals surface area contributed by atoms with Gasteiger partial charge in [0.2, 0.25) is 0 Å². The molecule has 2 aromatic heterocycles. The molecule has 0 radical (unpaired) electrons. The van der Waals surface area contributed by atoms with Gasteiger partial charge in [-0.15, -0.1) is 0 Å². The molecule has 3 heterocycles. The quantitative estimate of drug-likeness (QED) is 0.811. The number of nitrogens with zero attached hydrogens (tertiary/aromatic N) is 6. The average Bonchev–Trinajstić information content (AvgIpc) is 3.45. The second-order valence-corrected chi connectivity index (χ2v) is 7.52. The normalized spacial score (nSPS) is 18.8. The molecule has 0 aromatic carbocycles. The summed E-state index contributed by atoms with van der Waals surface area (Å²) in [6, 6.07) is 3.31. The van der Waals surface area contributed by atoms with Crippen molar-refractivity contribution in [1.82, 2.24) is 24.4 Å². The predicted molar refractivity (Wildman–Crippen MR) is 100 cm³/mol. The summed E-state index contributed by atoms with van der Waals surface area (Å²) in [4.78, 5) is 29.1. The molecule has 0 unspecified atom stereocenters. The molecule has 1 saturated carbocycles. The third kappa shape index (κ3) is 3.77. The fourth-order valence-electron chi connectivity index (χ4n) is 3.87. The van der Waals surface area contributed by atoms with Crippen molar-refractivity contribution < 1.29 is 0 Å².